The molecule has 0 saturated carbocycles. The molecule has 16 nitrogen and oxygen atoms in total. The molecule has 3 atom stereocenters. The van der Waals surface area contributed by atoms with Crippen LogP contribution in [0.25, 0.3) is 0 Å². The van der Waals surface area contributed by atoms with E-state index in [1.165, 1.54) is 9.80 Å². The molecule has 4 amide bonds. The maximum Gasteiger partial charge on any atom is 0.409 e. The van der Waals surface area contributed by atoms with E-state index in [0.29, 0.717) is 45.6 Å². The third-order valence-electron chi connectivity index (χ3n) is 8.97. The van der Waals surface area contributed by atoms with Crippen molar-refractivity contribution < 1.29 is 48.0 Å². The van der Waals surface area contributed by atoms with Crippen LogP contribution in [0.1, 0.15) is 32.1 Å². The van der Waals surface area contributed by atoms with Gasteiger partial charge >= 0.3 is 23.5 Å². The molecule has 0 radical (unpaired) electrons. The number of likely N-dealkylation sites (tertiary alicyclic amines) is 2. The molecule has 4 N–H and O–H groups in total. The molecule has 2 aromatic rings. The molecule has 2 unspecified atom stereocenters. The number of aliphatic carboxylic acids is 1. The lowest BCUT2D eigenvalue weighted by Gasteiger charge is -2.47. The zero-order valence-corrected chi connectivity index (χ0v) is 30.2. The largest absolute Gasteiger partial charge is 0.493 e. The number of nitrogens with two attached hydrogens (primary N) is 1. The Morgan fingerprint density at radius 3 is 1.87 bits per heavy atom. The summed E-state index contributed by atoms with van der Waals surface area (Å²) in [6.07, 6.45) is 2.62. The Balaban J connectivity index is 0.000000376. The van der Waals surface area contributed by atoms with Gasteiger partial charge in [-0.25, -0.2) is 24.1 Å². The standard InChI is InChI=1S/C26H36N6O7.C10H11ClO3/c27-24(28)31-9-4-6-18(17-31)16-20-21(23(34)35)32(22(20)33)25(36)29-10-12-30(13-11-29)26(37)39-15-5-14-38-19-7-2-1-3-8-19;11-10(12)14-8-4-7-13-9-5-2-1-3-6-9/h1-3,7-8,18,20-21H,4-6,9-17H2,(H3,27,28)(H,34,35);1-3,5-6H,4,7-8H2/t18?,20-,21?;/m1./s1. The molecule has 288 valence electrons. The number of imide groups is 1. The second-order valence-electron chi connectivity index (χ2n) is 12.7. The maximum atomic E-state index is 13.1. The number of carboxylic acids is 1. The quantitative estimate of drug-likeness (QED) is 0.0870. The van der Waals surface area contributed by atoms with Crippen LogP contribution in [0.2, 0.25) is 0 Å². The summed E-state index contributed by atoms with van der Waals surface area (Å²) >= 11 is 4.97. The monoisotopic (exact) mass is 758 g/mol. The van der Waals surface area contributed by atoms with Crippen LogP contribution in [0.15, 0.2) is 60.7 Å². The average molecular weight is 759 g/mol. The van der Waals surface area contributed by atoms with Crippen LogP contribution in [0, 0.1) is 17.2 Å². The summed E-state index contributed by atoms with van der Waals surface area (Å²) in [7, 11) is 0. The van der Waals surface area contributed by atoms with Gasteiger partial charge in [-0.1, -0.05) is 36.4 Å². The summed E-state index contributed by atoms with van der Waals surface area (Å²) in [6, 6.07) is 16.9. The normalized spacial score (nSPS) is 19.6. The van der Waals surface area contributed by atoms with E-state index in [1.807, 2.05) is 60.7 Å². The second kappa shape index (κ2) is 20.7. The number of piperazine rings is 1. The molecule has 53 heavy (non-hydrogen) atoms. The van der Waals surface area contributed by atoms with Gasteiger partial charge in [-0.05, 0) is 49.4 Å². The number of guanidine groups is 1. The molecular formula is C36H47ClN6O10. The van der Waals surface area contributed by atoms with Gasteiger partial charge in [0.05, 0.1) is 32.3 Å². The number of piperidine rings is 1. The molecule has 3 fully saturated rings. The second-order valence-corrected chi connectivity index (χ2v) is 13.0. The Kier molecular flexibility index (Phi) is 15.8. The van der Waals surface area contributed by atoms with Crippen molar-refractivity contribution in [3.63, 3.8) is 0 Å². The van der Waals surface area contributed by atoms with Crippen LogP contribution < -0.4 is 15.2 Å². The molecule has 3 aliphatic heterocycles. The minimum absolute atomic E-state index is 0.0233. The van der Waals surface area contributed by atoms with E-state index in [-0.39, 0.29) is 51.3 Å². The van der Waals surface area contributed by atoms with E-state index in [0.717, 1.165) is 29.2 Å². The number of rotatable bonds is 13. The van der Waals surface area contributed by atoms with Gasteiger partial charge in [0.15, 0.2) is 12.0 Å². The molecule has 0 spiro atoms. The first-order valence-corrected chi connectivity index (χ1v) is 18.0. The molecule has 0 aromatic heterocycles. The third-order valence-corrected chi connectivity index (χ3v) is 9.08. The van der Waals surface area contributed by atoms with E-state index in [9.17, 15) is 29.1 Å². The first-order chi connectivity index (χ1) is 25.5. The lowest BCUT2D eigenvalue weighted by atomic mass is 9.78. The predicted octanol–water partition coefficient (Wildman–Crippen LogP) is 4.07. The van der Waals surface area contributed by atoms with Gasteiger partial charge in [0.25, 0.3) is 0 Å². The number of amides is 4. The van der Waals surface area contributed by atoms with Crippen molar-refractivity contribution >= 4 is 47.0 Å². The number of carboxylic acid groups (broad SMARTS) is 1. The minimum atomic E-state index is -1.22. The summed E-state index contributed by atoms with van der Waals surface area (Å²) in [6.45, 7) is 3.34. The van der Waals surface area contributed by atoms with Gasteiger partial charge in [0.1, 0.15) is 11.5 Å². The number of carbonyl (C=O) groups excluding carboxylic acids is 4. The summed E-state index contributed by atoms with van der Waals surface area (Å²) in [5, 5.41) is 17.4. The van der Waals surface area contributed by atoms with Gasteiger partial charge in [-0.15, -0.1) is 0 Å². The lowest BCUT2D eigenvalue weighted by Crippen LogP contribution is -2.70. The highest BCUT2D eigenvalue weighted by atomic mass is 35.5. The van der Waals surface area contributed by atoms with Crippen molar-refractivity contribution in [3.05, 3.63) is 60.7 Å². The Hall–Kier alpha value is -5.25. The highest BCUT2D eigenvalue weighted by Crippen LogP contribution is 2.36. The molecule has 2 aromatic carbocycles. The molecule has 3 heterocycles. The van der Waals surface area contributed by atoms with Crippen molar-refractivity contribution in [2.24, 2.45) is 17.6 Å². The summed E-state index contributed by atoms with van der Waals surface area (Å²) in [5.74, 6) is -0.954. The van der Waals surface area contributed by atoms with E-state index in [1.54, 1.807) is 4.90 Å². The van der Waals surface area contributed by atoms with E-state index >= 15 is 0 Å². The highest BCUT2D eigenvalue weighted by molar-refractivity contribution is 6.61. The first kappa shape index (κ1) is 40.5. The fraction of sp³-hybridized carbons (Fsp3) is 0.500. The van der Waals surface area contributed by atoms with Crippen LogP contribution in [0.5, 0.6) is 11.5 Å². The van der Waals surface area contributed by atoms with Crippen molar-refractivity contribution in [1.29, 1.82) is 5.41 Å². The SMILES string of the molecule is N=C(N)N1CCCC(C[C@H]2C(=O)N(C(=O)N3CCN(C(=O)OCCCOc4ccccc4)CC3)C2C(=O)O)C1.O=C(Cl)OCCCOc1ccccc1. The fourth-order valence-corrected chi connectivity index (χ4v) is 6.35. The number of ether oxygens (including phenoxy) is 4. The van der Waals surface area contributed by atoms with Gasteiger partial charge in [-0.3, -0.25) is 10.2 Å². The zero-order valence-electron chi connectivity index (χ0n) is 29.5. The van der Waals surface area contributed by atoms with E-state index in [4.69, 9.17) is 37.0 Å². The average Bonchev–Trinajstić information content (AvgIpc) is 3.16. The van der Waals surface area contributed by atoms with Gasteiger partial charge < -0.3 is 44.5 Å². The van der Waals surface area contributed by atoms with E-state index in [2.05, 4.69) is 4.74 Å². The molecule has 3 saturated heterocycles. The van der Waals surface area contributed by atoms with Crippen molar-refractivity contribution in [3.8, 4) is 11.5 Å². The Morgan fingerprint density at radius 2 is 1.34 bits per heavy atom. The van der Waals surface area contributed by atoms with Crippen molar-refractivity contribution in [2.75, 3.05) is 65.7 Å². The Morgan fingerprint density at radius 1 is 0.792 bits per heavy atom. The zero-order chi connectivity index (χ0) is 38.2. The van der Waals surface area contributed by atoms with Gasteiger partial charge in [-0.2, -0.15) is 0 Å². The van der Waals surface area contributed by atoms with Crippen LogP contribution in [0.3, 0.4) is 0 Å². The number of benzene rings is 2. The fourth-order valence-electron chi connectivity index (χ4n) is 6.28. The highest BCUT2D eigenvalue weighted by Gasteiger charge is 2.56. The molecule has 0 aliphatic carbocycles. The Bertz CT molecular complexity index is 1530. The lowest BCUT2D eigenvalue weighted by molar-refractivity contribution is -0.167. The van der Waals surface area contributed by atoms with Crippen molar-refractivity contribution in [1.82, 2.24) is 19.6 Å². The summed E-state index contributed by atoms with van der Waals surface area (Å²) in [4.78, 5) is 66.0. The van der Waals surface area contributed by atoms with Crippen molar-refractivity contribution in [2.45, 2.75) is 38.1 Å². The number of carbonyl (C=O) groups is 5. The first-order valence-electron chi connectivity index (χ1n) is 17.6. The van der Waals surface area contributed by atoms with Crippen LogP contribution in [-0.4, -0.2) is 132 Å². The number of hydrogen-bond acceptors (Lipinski definition) is 10. The summed E-state index contributed by atoms with van der Waals surface area (Å²) < 4.78 is 20.8. The summed E-state index contributed by atoms with van der Waals surface area (Å²) in [5.41, 5.74) is 4.82. The number of halogens is 1. The van der Waals surface area contributed by atoms with Crippen LogP contribution >= 0.6 is 11.6 Å². The van der Waals surface area contributed by atoms with Gasteiger partial charge in [0, 0.05) is 63.7 Å². The topological polar surface area (TPSA) is 205 Å². The minimum Gasteiger partial charge on any atom is -0.493 e. The molecular weight excluding hydrogens is 712 g/mol. The number of urea groups is 1. The molecule has 5 rings (SSSR count). The van der Waals surface area contributed by atoms with E-state index < -0.39 is 41.4 Å². The molecule has 3 aliphatic rings. The maximum absolute atomic E-state index is 13.1. The number of β-lactam (4-membered cyclic amide) rings is 1. The molecule has 17 heteroatoms. The van der Waals surface area contributed by atoms with Crippen LogP contribution in [0.4, 0.5) is 14.4 Å². The van der Waals surface area contributed by atoms with Gasteiger partial charge in [0.2, 0.25) is 5.91 Å². The number of hydrogen-bond donors (Lipinski definition) is 3. The number of para-hydroxylation sites is 2. The smallest absolute Gasteiger partial charge is 0.409 e. The Labute approximate surface area is 313 Å². The number of nitrogens with one attached hydrogen (secondary N) is 1. The van der Waals surface area contributed by atoms with Crippen LogP contribution in [-0.2, 0) is 19.1 Å². The number of nitrogens with zero attached hydrogens (tertiary/aromatic N) is 4. The predicted molar refractivity (Wildman–Crippen MR) is 193 cm³/mol. The third kappa shape index (κ3) is 12.4. The molecule has 0 bridgehead atoms.